The minimum atomic E-state index is -0.488. The largest absolute Gasteiger partial charge is 0.310 e. The zero-order chi connectivity index (χ0) is 46.7. The highest BCUT2D eigenvalue weighted by Gasteiger charge is 2.47. The fourth-order valence-corrected chi connectivity index (χ4v) is 12.0. The number of benzene rings is 11. The van der Waals surface area contributed by atoms with E-state index < -0.39 is 5.41 Å². The van der Waals surface area contributed by atoms with E-state index in [1.165, 1.54) is 94.6 Å². The highest BCUT2D eigenvalue weighted by molar-refractivity contribution is 5.98. The molecule has 11 aromatic rings. The van der Waals surface area contributed by atoms with Gasteiger partial charge >= 0.3 is 0 Å². The fraction of sp³-hybridized carbons (Fsp3) is 0.0435. The Kier molecular flexibility index (Phi) is 9.92. The standard InChI is InChI=1S/C69H49N/c1-68(52-26-11-4-12-27-52)62-34-19-18-33-59(62)67-65(68)36-21-37-66(67)70(55-41-38-48(39-42-55)51-40-44-57(49-22-7-2-8-23-49)60(46-51)50-24-9-3-10-25-50)56-43-45-64-61(47-56)58-32-17-20-35-63(58)69(64,53-28-13-5-14-29-53)54-30-15-6-16-31-54/h2-47H,1H3. The smallest absolute Gasteiger partial charge is 0.0713 e. The van der Waals surface area contributed by atoms with Crippen LogP contribution < -0.4 is 4.90 Å². The summed E-state index contributed by atoms with van der Waals surface area (Å²) >= 11 is 0. The van der Waals surface area contributed by atoms with Gasteiger partial charge in [0.25, 0.3) is 0 Å². The molecular weight excluding hydrogens is 843 g/mol. The van der Waals surface area contributed by atoms with Crippen LogP contribution in [0.4, 0.5) is 17.1 Å². The minimum absolute atomic E-state index is 0.344. The average molecular weight is 892 g/mol. The van der Waals surface area contributed by atoms with Gasteiger partial charge in [-0.05, 0) is 132 Å². The summed E-state index contributed by atoms with van der Waals surface area (Å²) in [6.45, 7) is 2.40. The Morgan fingerprint density at radius 2 is 0.757 bits per heavy atom. The van der Waals surface area contributed by atoms with Gasteiger partial charge in [-0.1, -0.05) is 243 Å². The summed E-state index contributed by atoms with van der Waals surface area (Å²) in [7, 11) is 0. The van der Waals surface area contributed by atoms with Crippen LogP contribution in [0.3, 0.4) is 0 Å². The van der Waals surface area contributed by atoms with Crippen LogP contribution in [0, 0.1) is 0 Å². The molecule has 0 spiro atoms. The van der Waals surface area contributed by atoms with Gasteiger partial charge in [-0.25, -0.2) is 0 Å². The van der Waals surface area contributed by atoms with Crippen molar-refractivity contribution in [3.8, 4) is 55.6 Å². The summed E-state index contributed by atoms with van der Waals surface area (Å²) in [6, 6.07) is 103. The molecule has 0 saturated carbocycles. The van der Waals surface area contributed by atoms with Gasteiger partial charge in [-0.2, -0.15) is 0 Å². The lowest BCUT2D eigenvalue weighted by Gasteiger charge is -2.34. The molecule has 0 aliphatic heterocycles. The zero-order valence-electron chi connectivity index (χ0n) is 39.0. The van der Waals surface area contributed by atoms with Crippen LogP contribution in [0.1, 0.15) is 45.9 Å². The Hall–Kier alpha value is -8.78. The van der Waals surface area contributed by atoms with E-state index in [1.807, 2.05) is 0 Å². The third kappa shape index (κ3) is 6.39. The quantitative estimate of drug-likeness (QED) is 0.140. The van der Waals surface area contributed by atoms with E-state index in [2.05, 4.69) is 291 Å². The Bertz CT molecular complexity index is 3650. The summed E-state index contributed by atoms with van der Waals surface area (Å²) in [5, 5.41) is 0. The molecule has 330 valence electrons. The first-order chi connectivity index (χ1) is 34.6. The van der Waals surface area contributed by atoms with E-state index in [9.17, 15) is 0 Å². The first kappa shape index (κ1) is 41.4. The van der Waals surface area contributed by atoms with E-state index in [-0.39, 0.29) is 5.41 Å². The predicted octanol–water partition coefficient (Wildman–Crippen LogP) is 17.9. The van der Waals surface area contributed by atoms with Crippen LogP contribution in [-0.4, -0.2) is 0 Å². The summed E-state index contributed by atoms with van der Waals surface area (Å²) < 4.78 is 0. The van der Waals surface area contributed by atoms with Gasteiger partial charge in [-0.15, -0.1) is 0 Å². The van der Waals surface area contributed by atoms with Crippen molar-refractivity contribution in [1.29, 1.82) is 0 Å². The maximum atomic E-state index is 2.51. The number of hydrogen-bond donors (Lipinski definition) is 0. The Morgan fingerprint density at radius 1 is 0.271 bits per heavy atom. The maximum Gasteiger partial charge on any atom is 0.0713 e. The summed E-state index contributed by atoms with van der Waals surface area (Å²) in [4.78, 5) is 2.51. The maximum absolute atomic E-state index is 2.51. The van der Waals surface area contributed by atoms with Crippen LogP contribution in [0.5, 0.6) is 0 Å². The van der Waals surface area contributed by atoms with Gasteiger partial charge in [0.15, 0.2) is 0 Å². The molecule has 0 amide bonds. The highest BCUT2D eigenvalue weighted by Crippen LogP contribution is 2.59. The Morgan fingerprint density at radius 3 is 1.40 bits per heavy atom. The summed E-state index contributed by atoms with van der Waals surface area (Å²) in [5.41, 5.74) is 23.8. The van der Waals surface area contributed by atoms with Gasteiger partial charge in [0.05, 0.1) is 11.1 Å². The molecule has 0 aromatic heterocycles. The van der Waals surface area contributed by atoms with Crippen LogP contribution in [0.25, 0.3) is 55.6 Å². The first-order valence-corrected chi connectivity index (χ1v) is 24.4. The number of anilines is 3. The molecule has 0 radical (unpaired) electrons. The second-order valence-corrected chi connectivity index (χ2v) is 18.9. The van der Waals surface area contributed by atoms with Crippen molar-refractivity contribution in [3.63, 3.8) is 0 Å². The van der Waals surface area contributed by atoms with Gasteiger partial charge < -0.3 is 4.90 Å². The van der Waals surface area contributed by atoms with Crippen LogP contribution in [0.15, 0.2) is 279 Å². The van der Waals surface area contributed by atoms with Crippen LogP contribution in [0.2, 0.25) is 0 Å². The SMILES string of the molecule is CC1(c2ccccc2)c2ccccc2-c2c(N(c3ccc(-c4ccc(-c5ccccc5)c(-c5ccccc5)c4)cc3)c3ccc4c(c3)-c3ccccc3C4(c3ccccc3)c3ccccc3)cccc21. The van der Waals surface area contributed by atoms with Crippen molar-refractivity contribution in [2.24, 2.45) is 0 Å². The highest BCUT2D eigenvalue weighted by atomic mass is 15.1. The van der Waals surface area contributed by atoms with E-state index >= 15 is 0 Å². The summed E-state index contributed by atoms with van der Waals surface area (Å²) in [5.74, 6) is 0. The molecule has 11 aromatic carbocycles. The van der Waals surface area contributed by atoms with E-state index in [0.29, 0.717) is 0 Å². The van der Waals surface area contributed by atoms with Gasteiger partial charge in [0.1, 0.15) is 0 Å². The molecule has 13 rings (SSSR count). The predicted molar refractivity (Wildman–Crippen MR) is 292 cm³/mol. The molecular formula is C69H49N. The normalized spacial score (nSPS) is 14.8. The van der Waals surface area contributed by atoms with Gasteiger partial charge in [0.2, 0.25) is 0 Å². The molecule has 1 unspecified atom stereocenters. The van der Waals surface area contributed by atoms with Crippen molar-refractivity contribution < 1.29 is 0 Å². The third-order valence-corrected chi connectivity index (χ3v) is 15.3. The van der Waals surface area contributed by atoms with Gasteiger partial charge in [0, 0.05) is 22.4 Å². The molecule has 1 nitrogen and oxygen atoms in total. The van der Waals surface area contributed by atoms with Crippen molar-refractivity contribution in [1.82, 2.24) is 0 Å². The Balaban J connectivity index is 1.02. The third-order valence-electron chi connectivity index (χ3n) is 15.3. The molecule has 1 atom stereocenters. The minimum Gasteiger partial charge on any atom is -0.310 e. The van der Waals surface area contributed by atoms with Crippen molar-refractivity contribution in [2.75, 3.05) is 4.90 Å². The monoisotopic (exact) mass is 891 g/mol. The number of nitrogens with zero attached hydrogens (tertiary/aromatic N) is 1. The summed E-state index contributed by atoms with van der Waals surface area (Å²) in [6.07, 6.45) is 0. The van der Waals surface area contributed by atoms with Crippen molar-refractivity contribution in [3.05, 3.63) is 318 Å². The average Bonchev–Trinajstić information content (AvgIpc) is 3.89. The van der Waals surface area contributed by atoms with Crippen LogP contribution >= 0.6 is 0 Å². The van der Waals surface area contributed by atoms with Crippen LogP contribution in [-0.2, 0) is 10.8 Å². The fourth-order valence-electron chi connectivity index (χ4n) is 12.0. The lowest BCUT2D eigenvalue weighted by atomic mass is 9.68. The van der Waals surface area contributed by atoms with Gasteiger partial charge in [-0.3, -0.25) is 0 Å². The molecule has 0 bridgehead atoms. The number of fused-ring (bicyclic) bond motifs is 6. The molecule has 2 aliphatic rings. The second-order valence-electron chi connectivity index (χ2n) is 18.9. The lowest BCUT2D eigenvalue weighted by molar-refractivity contribution is 0.714. The van der Waals surface area contributed by atoms with E-state index in [1.54, 1.807) is 0 Å². The second kappa shape index (κ2) is 16.8. The molecule has 1 heteroatoms. The van der Waals surface area contributed by atoms with Crippen molar-refractivity contribution >= 4 is 17.1 Å². The van der Waals surface area contributed by atoms with Crippen molar-refractivity contribution in [2.45, 2.75) is 17.8 Å². The van der Waals surface area contributed by atoms with E-state index in [0.717, 1.165) is 17.1 Å². The topological polar surface area (TPSA) is 3.24 Å². The lowest BCUT2D eigenvalue weighted by Crippen LogP contribution is -2.28. The molecule has 0 heterocycles. The molecule has 70 heavy (non-hydrogen) atoms. The van der Waals surface area contributed by atoms with E-state index in [4.69, 9.17) is 0 Å². The molecule has 0 saturated heterocycles. The Labute approximate surface area is 411 Å². The zero-order valence-corrected chi connectivity index (χ0v) is 39.0. The molecule has 2 aliphatic carbocycles. The molecule has 0 fully saturated rings. The first-order valence-electron chi connectivity index (χ1n) is 24.4. The number of hydrogen-bond acceptors (Lipinski definition) is 1. The molecule has 0 N–H and O–H groups in total. The number of rotatable bonds is 9.